The SMILES string of the molecule is NC1=N[C@@]2(CO1)c1ccc(F)cc1Oc1ccc(-c3cncnc3)cc12.O=S(=O)(O)C(F)(F)F. The number of rotatable bonds is 1. The summed E-state index contributed by atoms with van der Waals surface area (Å²) < 4.78 is 82.7. The molecule has 0 bridgehead atoms. The molecule has 0 aliphatic carbocycles. The Labute approximate surface area is 189 Å². The Morgan fingerprint density at radius 1 is 1.00 bits per heavy atom. The first-order valence-corrected chi connectivity index (χ1v) is 10.7. The fraction of sp³-hybridized carbons (Fsp3) is 0.150. The molecule has 0 radical (unpaired) electrons. The van der Waals surface area contributed by atoms with Crippen LogP contribution < -0.4 is 10.5 Å². The third kappa shape index (κ3) is 4.24. The van der Waals surface area contributed by atoms with Crippen LogP contribution in [0.25, 0.3) is 11.1 Å². The van der Waals surface area contributed by atoms with Crippen LogP contribution in [0.15, 0.2) is 60.1 Å². The first-order chi connectivity index (χ1) is 15.9. The van der Waals surface area contributed by atoms with Crippen molar-refractivity contribution in [1.29, 1.82) is 0 Å². The number of ether oxygens (including phenoxy) is 2. The zero-order chi connectivity index (χ0) is 24.7. The second-order valence-corrected chi connectivity index (χ2v) is 8.51. The number of hydrogen-bond donors (Lipinski definition) is 2. The summed E-state index contributed by atoms with van der Waals surface area (Å²) in [5.41, 5.74) is 2.73. The van der Waals surface area contributed by atoms with E-state index in [-0.39, 0.29) is 18.4 Å². The summed E-state index contributed by atoms with van der Waals surface area (Å²) in [5.74, 6) is 0.623. The summed E-state index contributed by atoms with van der Waals surface area (Å²) in [6.45, 7) is 0.225. The molecule has 3 N–H and O–H groups in total. The largest absolute Gasteiger partial charge is 0.522 e. The van der Waals surface area contributed by atoms with Gasteiger partial charge in [0, 0.05) is 35.2 Å². The Morgan fingerprint density at radius 2 is 1.68 bits per heavy atom. The number of hydrogen-bond acceptors (Lipinski definition) is 8. The third-order valence-electron chi connectivity index (χ3n) is 4.95. The summed E-state index contributed by atoms with van der Waals surface area (Å²) in [5, 5.41) is 0. The highest BCUT2D eigenvalue weighted by atomic mass is 32.2. The first kappa shape index (κ1) is 23.4. The number of fused-ring (bicyclic) bond motifs is 4. The Balaban J connectivity index is 0.000000297. The van der Waals surface area contributed by atoms with Gasteiger partial charge in [-0.1, -0.05) is 6.07 Å². The van der Waals surface area contributed by atoms with E-state index in [9.17, 15) is 17.6 Å². The Morgan fingerprint density at radius 3 is 2.26 bits per heavy atom. The number of halogens is 4. The van der Waals surface area contributed by atoms with Crippen LogP contribution in [0.2, 0.25) is 0 Å². The van der Waals surface area contributed by atoms with Crippen molar-refractivity contribution in [1.82, 2.24) is 9.97 Å². The number of amidine groups is 1. The maximum absolute atomic E-state index is 13.7. The average Bonchev–Trinajstić information content (AvgIpc) is 3.15. The number of nitrogens with two attached hydrogens (primary N) is 1. The van der Waals surface area contributed by atoms with Gasteiger partial charge in [0.05, 0.1) is 0 Å². The third-order valence-corrected chi connectivity index (χ3v) is 5.54. The molecule has 0 fully saturated rings. The quantitative estimate of drug-likeness (QED) is 0.296. The van der Waals surface area contributed by atoms with Crippen molar-refractivity contribution in [2.24, 2.45) is 10.7 Å². The molecule has 1 spiro atoms. The van der Waals surface area contributed by atoms with Gasteiger partial charge in [-0.15, -0.1) is 0 Å². The normalized spacial score (nSPS) is 18.6. The summed E-state index contributed by atoms with van der Waals surface area (Å²) >= 11 is 0. The molecule has 34 heavy (non-hydrogen) atoms. The number of aliphatic imine (C=N–C) groups is 1. The van der Waals surface area contributed by atoms with Crippen molar-refractivity contribution in [3.05, 3.63) is 72.1 Å². The molecular weight excluding hydrogens is 484 g/mol. The molecule has 1 atom stereocenters. The minimum atomic E-state index is -5.84. The summed E-state index contributed by atoms with van der Waals surface area (Å²) in [6.07, 6.45) is 4.95. The van der Waals surface area contributed by atoms with Gasteiger partial charge < -0.3 is 15.2 Å². The predicted molar refractivity (Wildman–Crippen MR) is 110 cm³/mol. The predicted octanol–water partition coefficient (Wildman–Crippen LogP) is 3.37. The lowest BCUT2D eigenvalue weighted by Gasteiger charge is -2.33. The van der Waals surface area contributed by atoms with Crippen LogP contribution in [0.5, 0.6) is 11.5 Å². The second kappa shape index (κ2) is 8.22. The highest BCUT2D eigenvalue weighted by molar-refractivity contribution is 7.86. The molecule has 3 heterocycles. The highest BCUT2D eigenvalue weighted by Gasteiger charge is 2.47. The average molecular weight is 498 g/mol. The monoisotopic (exact) mass is 498 g/mol. The summed E-state index contributed by atoms with van der Waals surface area (Å²) in [7, 11) is -5.84. The van der Waals surface area contributed by atoms with E-state index in [4.69, 9.17) is 28.2 Å². The van der Waals surface area contributed by atoms with Crippen LogP contribution in [-0.2, 0) is 20.4 Å². The van der Waals surface area contributed by atoms with Crippen LogP contribution in [0.3, 0.4) is 0 Å². The molecule has 2 aliphatic heterocycles. The molecule has 0 saturated heterocycles. The molecular formula is C20H14F4N4O5S. The van der Waals surface area contributed by atoms with E-state index in [1.54, 1.807) is 18.5 Å². The van der Waals surface area contributed by atoms with E-state index in [0.29, 0.717) is 17.1 Å². The molecule has 2 aromatic carbocycles. The number of nitrogens with zero attached hydrogens (tertiary/aromatic N) is 3. The number of benzene rings is 2. The van der Waals surface area contributed by atoms with Gasteiger partial charge in [-0.05, 0) is 29.8 Å². The maximum Gasteiger partial charge on any atom is 0.522 e. The Bertz CT molecular complexity index is 1380. The fourth-order valence-electron chi connectivity index (χ4n) is 3.46. The van der Waals surface area contributed by atoms with E-state index in [2.05, 4.69) is 15.0 Å². The molecule has 9 nitrogen and oxygen atoms in total. The van der Waals surface area contributed by atoms with Crippen molar-refractivity contribution in [3.63, 3.8) is 0 Å². The van der Waals surface area contributed by atoms with Crippen molar-refractivity contribution in [3.8, 4) is 22.6 Å². The van der Waals surface area contributed by atoms with Crippen LogP contribution in [0.1, 0.15) is 11.1 Å². The fourth-order valence-corrected chi connectivity index (χ4v) is 3.46. The molecule has 2 aliphatic rings. The van der Waals surface area contributed by atoms with Gasteiger partial charge in [-0.3, -0.25) is 4.55 Å². The molecule has 5 rings (SSSR count). The number of aromatic nitrogens is 2. The minimum absolute atomic E-state index is 0.0987. The number of alkyl halides is 3. The molecule has 0 unspecified atom stereocenters. The lowest BCUT2D eigenvalue weighted by Crippen LogP contribution is -2.31. The minimum Gasteiger partial charge on any atom is -0.462 e. The maximum atomic E-state index is 13.7. The van der Waals surface area contributed by atoms with Gasteiger partial charge in [-0.2, -0.15) is 21.6 Å². The van der Waals surface area contributed by atoms with Crippen molar-refractivity contribution in [2.45, 2.75) is 11.0 Å². The molecule has 14 heteroatoms. The van der Waals surface area contributed by atoms with Crippen molar-refractivity contribution >= 4 is 16.1 Å². The van der Waals surface area contributed by atoms with Crippen LogP contribution >= 0.6 is 0 Å². The van der Waals surface area contributed by atoms with Gasteiger partial charge in [0.25, 0.3) is 6.02 Å². The lowest BCUT2D eigenvalue weighted by atomic mass is 9.80. The van der Waals surface area contributed by atoms with E-state index in [1.807, 2.05) is 18.2 Å². The van der Waals surface area contributed by atoms with Crippen LogP contribution in [0, 0.1) is 5.82 Å². The molecule has 1 aromatic heterocycles. The standard InChI is InChI=1S/C19H13FN4O2.CHF3O3S/c20-13-2-3-14-17(6-13)26-16-4-1-11(12-7-22-10-23-8-12)5-15(16)19(14)9-25-18(21)24-19;2-1(3,4)8(5,6)7/h1-8,10H,9H2,(H2,21,24);(H,5,6,7)/t19-;/m0./s1. The molecule has 0 amide bonds. The summed E-state index contributed by atoms with van der Waals surface area (Å²) in [4.78, 5) is 12.7. The second-order valence-electron chi connectivity index (χ2n) is 7.10. The highest BCUT2D eigenvalue weighted by Crippen LogP contribution is 2.51. The van der Waals surface area contributed by atoms with Crippen molar-refractivity contribution in [2.75, 3.05) is 6.61 Å². The van der Waals surface area contributed by atoms with Crippen molar-refractivity contribution < 1.29 is 40.0 Å². The van der Waals surface area contributed by atoms with Crippen LogP contribution in [-0.4, -0.2) is 41.1 Å². The van der Waals surface area contributed by atoms with Crippen LogP contribution in [0.4, 0.5) is 17.6 Å². The van der Waals surface area contributed by atoms with Gasteiger partial charge in [0.2, 0.25) is 0 Å². The smallest absolute Gasteiger partial charge is 0.462 e. The zero-order valence-electron chi connectivity index (χ0n) is 16.8. The van der Waals surface area contributed by atoms with E-state index >= 15 is 0 Å². The van der Waals surface area contributed by atoms with E-state index < -0.39 is 21.2 Å². The van der Waals surface area contributed by atoms with Gasteiger partial charge in [0.15, 0.2) is 5.54 Å². The molecule has 178 valence electrons. The van der Waals surface area contributed by atoms with E-state index in [0.717, 1.165) is 16.7 Å². The first-order valence-electron chi connectivity index (χ1n) is 9.30. The lowest BCUT2D eigenvalue weighted by molar-refractivity contribution is -0.0510. The Kier molecular flexibility index (Phi) is 5.65. The van der Waals surface area contributed by atoms with Gasteiger partial charge >= 0.3 is 15.6 Å². The topological polar surface area (TPSA) is 137 Å². The summed E-state index contributed by atoms with van der Waals surface area (Å²) in [6, 6.07) is 10.2. The van der Waals surface area contributed by atoms with E-state index in [1.165, 1.54) is 18.5 Å². The zero-order valence-corrected chi connectivity index (χ0v) is 17.6. The van der Waals surface area contributed by atoms with Gasteiger partial charge in [0.1, 0.15) is 30.3 Å². The Hall–Kier alpha value is -3.78. The van der Waals surface area contributed by atoms with Gasteiger partial charge in [-0.25, -0.2) is 19.4 Å². The molecule has 3 aromatic rings. The molecule has 0 saturated carbocycles.